The number of benzene rings is 1. The molecular weight excluding hydrogens is 345 g/mol. The third-order valence-corrected chi connectivity index (χ3v) is 3.70. The Morgan fingerprint density at radius 3 is 2.46 bits per heavy atom. The number of amides is 4. The second-order valence-electron chi connectivity index (χ2n) is 6.33. The quantitative estimate of drug-likeness (QED) is 0.562. The number of halogens is 1. The molecule has 0 radical (unpaired) electrons. The maximum absolute atomic E-state index is 12.8. The Morgan fingerprint density at radius 1 is 1.23 bits per heavy atom. The lowest BCUT2D eigenvalue weighted by atomic mass is 10.1. The molecule has 2 rings (SSSR count). The molecule has 1 aromatic carbocycles. The summed E-state index contributed by atoms with van der Waals surface area (Å²) >= 11 is 0. The highest BCUT2D eigenvalue weighted by atomic mass is 19.1. The van der Waals surface area contributed by atoms with Crippen molar-refractivity contribution in [2.75, 3.05) is 18.5 Å². The number of anilines is 1. The van der Waals surface area contributed by atoms with Crippen LogP contribution in [0.2, 0.25) is 0 Å². The second kappa shape index (κ2) is 7.94. The predicted octanol–water partition coefficient (Wildman–Crippen LogP) is 1.42. The van der Waals surface area contributed by atoms with Gasteiger partial charge in [0.2, 0.25) is 0 Å². The molecule has 0 saturated carbocycles. The van der Waals surface area contributed by atoms with E-state index in [-0.39, 0.29) is 25.3 Å². The minimum Gasteiger partial charge on any atom is -0.456 e. The summed E-state index contributed by atoms with van der Waals surface area (Å²) in [6.45, 7) is 2.81. The highest BCUT2D eigenvalue weighted by Crippen LogP contribution is 2.17. The van der Waals surface area contributed by atoms with E-state index in [1.54, 1.807) is 13.8 Å². The molecule has 0 bridgehead atoms. The van der Waals surface area contributed by atoms with Crippen LogP contribution in [0.25, 0.3) is 0 Å². The summed E-state index contributed by atoms with van der Waals surface area (Å²) in [6.07, 6.45) is 0.189. The monoisotopic (exact) mass is 365 g/mol. The summed E-state index contributed by atoms with van der Waals surface area (Å²) in [4.78, 5) is 48.0. The number of carbonyl (C=O) groups excluding carboxylic acids is 4. The molecule has 0 aromatic heterocycles. The van der Waals surface area contributed by atoms with Crippen molar-refractivity contribution in [2.24, 2.45) is 0 Å². The minimum absolute atomic E-state index is 0.0404. The van der Waals surface area contributed by atoms with E-state index in [9.17, 15) is 23.6 Å². The Morgan fingerprint density at radius 2 is 1.88 bits per heavy atom. The fraction of sp³-hybridized carbons (Fsp3) is 0.412. The van der Waals surface area contributed by atoms with Crippen molar-refractivity contribution in [3.8, 4) is 0 Å². The fourth-order valence-electron chi connectivity index (χ4n) is 2.35. The molecule has 8 nitrogen and oxygen atoms in total. The van der Waals surface area contributed by atoms with Gasteiger partial charge in [-0.2, -0.15) is 0 Å². The number of nitrogens with zero attached hydrogens (tertiary/aromatic N) is 1. The van der Waals surface area contributed by atoms with Crippen LogP contribution in [0.3, 0.4) is 0 Å². The van der Waals surface area contributed by atoms with Crippen molar-refractivity contribution in [2.45, 2.75) is 32.2 Å². The van der Waals surface area contributed by atoms with Crippen LogP contribution in [0, 0.1) is 5.82 Å². The average Bonchev–Trinajstić information content (AvgIpc) is 2.76. The van der Waals surface area contributed by atoms with E-state index in [0.29, 0.717) is 5.69 Å². The molecule has 140 valence electrons. The van der Waals surface area contributed by atoms with Gasteiger partial charge in [0, 0.05) is 18.7 Å². The maximum atomic E-state index is 12.8. The normalized spacial score (nSPS) is 15.6. The number of esters is 1. The summed E-state index contributed by atoms with van der Waals surface area (Å²) in [5.41, 5.74) is -0.565. The molecule has 2 N–H and O–H groups in total. The van der Waals surface area contributed by atoms with Gasteiger partial charge in [-0.05, 0) is 44.5 Å². The Balaban J connectivity index is 1.67. The summed E-state index contributed by atoms with van der Waals surface area (Å²) in [7, 11) is 0. The van der Waals surface area contributed by atoms with Crippen LogP contribution in [0.15, 0.2) is 24.3 Å². The van der Waals surface area contributed by atoms with Crippen LogP contribution < -0.4 is 10.6 Å². The molecule has 4 amide bonds. The third-order valence-electron chi connectivity index (χ3n) is 3.70. The van der Waals surface area contributed by atoms with Gasteiger partial charge < -0.3 is 15.4 Å². The van der Waals surface area contributed by atoms with Gasteiger partial charge in [0.05, 0.1) is 0 Å². The zero-order valence-corrected chi connectivity index (χ0v) is 14.5. The van der Waals surface area contributed by atoms with E-state index in [4.69, 9.17) is 4.74 Å². The largest absolute Gasteiger partial charge is 0.456 e. The molecule has 1 aromatic rings. The number of imide groups is 1. The molecule has 1 aliphatic heterocycles. The Kier molecular flexibility index (Phi) is 5.91. The molecule has 1 heterocycles. The molecule has 1 saturated heterocycles. The number of nitrogens with one attached hydrogen (secondary N) is 2. The van der Waals surface area contributed by atoms with E-state index in [2.05, 4.69) is 10.6 Å². The number of rotatable bonds is 7. The van der Waals surface area contributed by atoms with E-state index < -0.39 is 35.9 Å². The molecule has 0 atom stereocenters. The number of urea groups is 1. The van der Waals surface area contributed by atoms with Crippen LogP contribution >= 0.6 is 0 Å². The van der Waals surface area contributed by atoms with Gasteiger partial charge in [0.25, 0.3) is 11.8 Å². The van der Waals surface area contributed by atoms with E-state index in [0.717, 1.165) is 4.90 Å². The lowest BCUT2D eigenvalue weighted by Crippen LogP contribution is -2.40. The van der Waals surface area contributed by atoms with Crippen LogP contribution in [-0.4, -0.2) is 47.4 Å². The second-order valence-corrected chi connectivity index (χ2v) is 6.33. The third kappa shape index (κ3) is 5.01. The molecule has 9 heteroatoms. The topological polar surface area (TPSA) is 105 Å². The van der Waals surface area contributed by atoms with Gasteiger partial charge in [0.15, 0.2) is 6.61 Å². The number of hydrogen-bond donors (Lipinski definition) is 2. The van der Waals surface area contributed by atoms with Crippen LogP contribution in [0.4, 0.5) is 14.9 Å². The first-order valence-electron chi connectivity index (χ1n) is 8.04. The first-order valence-corrected chi connectivity index (χ1v) is 8.04. The first-order chi connectivity index (χ1) is 12.2. The van der Waals surface area contributed by atoms with Crippen LogP contribution in [0.5, 0.6) is 0 Å². The van der Waals surface area contributed by atoms with E-state index in [1.165, 1.54) is 24.3 Å². The number of hydrogen-bond acceptors (Lipinski definition) is 5. The minimum atomic E-state index is -0.948. The maximum Gasteiger partial charge on any atom is 0.325 e. The van der Waals surface area contributed by atoms with Gasteiger partial charge in [-0.1, -0.05) is 0 Å². The summed E-state index contributed by atoms with van der Waals surface area (Å²) in [5, 5.41) is 5.00. The van der Waals surface area contributed by atoms with Gasteiger partial charge in [-0.15, -0.1) is 0 Å². The average molecular weight is 365 g/mol. The van der Waals surface area contributed by atoms with Gasteiger partial charge >= 0.3 is 12.0 Å². The highest BCUT2D eigenvalue weighted by Gasteiger charge is 2.43. The number of ether oxygens (including phenoxy) is 1. The molecule has 26 heavy (non-hydrogen) atoms. The predicted molar refractivity (Wildman–Crippen MR) is 89.5 cm³/mol. The molecule has 1 aliphatic rings. The summed E-state index contributed by atoms with van der Waals surface area (Å²) < 4.78 is 17.6. The lowest BCUT2D eigenvalue weighted by molar-refractivity contribution is -0.147. The Labute approximate surface area is 149 Å². The molecular formula is C17H20FN3O5. The Bertz CT molecular complexity index is 718. The zero-order valence-electron chi connectivity index (χ0n) is 14.5. The lowest BCUT2D eigenvalue weighted by Gasteiger charge is -2.15. The Hall–Kier alpha value is -2.97. The standard InChI is InChI=1S/C17H20FN3O5/c1-17(2)15(24)21(16(25)20-17)9-3-4-14(23)26-10-13(22)19-12-7-5-11(18)6-8-12/h5-8H,3-4,9-10H2,1-2H3,(H,19,22)(H,20,25). The van der Waals surface area contributed by atoms with Crippen molar-refractivity contribution in [3.63, 3.8) is 0 Å². The number of carbonyl (C=O) groups is 4. The molecule has 0 aliphatic carbocycles. The molecule has 0 unspecified atom stereocenters. The van der Waals surface area contributed by atoms with Crippen molar-refractivity contribution in [3.05, 3.63) is 30.1 Å². The van der Waals surface area contributed by atoms with Crippen molar-refractivity contribution in [1.82, 2.24) is 10.2 Å². The zero-order chi connectivity index (χ0) is 19.3. The highest BCUT2D eigenvalue weighted by molar-refractivity contribution is 6.06. The first kappa shape index (κ1) is 19.4. The van der Waals surface area contributed by atoms with Gasteiger partial charge in [0.1, 0.15) is 11.4 Å². The van der Waals surface area contributed by atoms with Crippen molar-refractivity contribution in [1.29, 1.82) is 0 Å². The summed E-state index contributed by atoms with van der Waals surface area (Å²) in [6, 6.07) is 4.66. The van der Waals surface area contributed by atoms with E-state index in [1.807, 2.05) is 0 Å². The van der Waals surface area contributed by atoms with Crippen LogP contribution in [-0.2, 0) is 19.1 Å². The fourth-order valence-corrected chi connectivity index (χ4v) is 2.35. The van der Waals surface area contributed by atoms with Crippen molar-refractivity contribution >= 4 is 29.5 Å². The molecule has 0 spiro atoms. The molecule has 1 fully saturated rings. The summed E-state index contributed by atoms with van der Waals surface area (Å²) in [5.74, 6) is -1.95. The smallest absolute Gasteiger partial charge is 0.325 e. The van der Waals surface area contributed by atoms with Crippen molar-refractivity contribution < 1.29 is 28.3 Å². The van der Waals surface area contributed by atoms with Gasteiger partial charge in [-0.25, -0.2) is 9.18 Å². The van der Waals surface area contributed by atoms with E-state index >= 15 is 0 Å². The SMILES string of the molecule is CC1(C)NC(=O)N(CCCC(=O)OCC(=O)Nc2ccc(F)cc2)C1=O. The van der Waals surface area contributed by atoms with Gasteiger partial charge in [-0.3, -0.25) is 19.3 Å². The van der Waals surface area contributed by atoms with Crippen LogP contribution in [0.1, 0.15) is 26.7 Å².